The molecule has 0 bridgehead atoms. The topological polar surface area (TPSA) is 89.8 Å². The van der Waals surface area contributed by atoms with Gasteiger partial charge in [-0.05, 0) is 12.5 Å². The van der Waals surface area contributed by atoms with Crippen LogP contribution in [0.15, 0.2) is 17.2 Å². The van der Waals surface area contributed by atoms with Gasteiger partial charge in [-0.25, -0.2) is 13.1 Å². The van der Waals surface area contributed by atoms with Crippen LogP contribution in [0.25, 0.3) is 0 Å². The highest BCUT2D eigenvalue weighted by atomic mass is 32.2. The SMILES string of the molecule is CCCn1cc(S(=O)(=O)NCCOCCOC)cc1CO. The van der Waals surface area contributed by atoms with Crippen molar-refractivity contribution in [2.45, 2.75) is 31.4 Å². The van der Waals surface area contributed by atoms with Crippen LogP contribution < -0.4 is 4.72 Å². The number of sulfonamides is 1. The lowest BCUT2D eigenvalue weighted by molar-refractivity contribution is 0.0736. The molecule has 21 heavy (non-hydrogen) atoms. The molecule has 1 heterocycles. The monoisotopic (exact) mass is 320 g/mol. The molecule has 0 aromatic carbocycles. The van der Waals surface area contributed by atoms with Crippen molar-refractivity contribution in [3.05, 3.63) is 18.0 Å². The third-order valence-corrected chi connectivity index (χ3v) is 4.30. The molecule has 1 aromatic heterocycles. The molecule has 1 aromatic rings. The zero-order chi connectivity index (χ0) is 15.7. The highest BCUT2D eigenvalue weighted by Gasteiger charge is 2.17. The Kier molecular flexibility index (Phi) is 7.91. The third kappa shape index (κ3) is 5.76. The molecule has 122 valence electrons. The van der Waals surface area contributed by atoms with E-state index in [2.05, 4.69) is 4.72 Å². The second-order valence-corrected chi connectivity index (χ2v) is 6.29. The van der Waals surface area contributed by atoms with Crippen LogP contribution >= 0.6 is 0 Å². The second-order valence-electron chi connectivity index (χ2n) is 4.52. The van der Waals surface area contributed by atoms with E-state index in [1.165, 1.54) is 6.07 Å². The number of methoxy groups -OCH3 is 1. The van der Waals surface area contributed by atoms with Crippen LogP contribution in [-0.2, 0) is 32.6 Å². The minimum Gasteiger partial charge on any atom is -0.390 e. The molecule has 0 aliphatic rings. The minimum absolute atomic E-state index is 0.164. The fourth-order valence-electron chi connectivity index (χ4n) is 1.83. The van der Waals surface area contributed by atoms with Gasteiger partial charge in [0.05, 0.1) is 31.3 Å². The maximum Gasteiger partial charge on any atom is 0.242 e. The van der Waals surface area contributed by atoms with Crippen LogP contribution in [0.5, 0.6) is 0 Å². The van der Waals surface area contributed by atoms with E-state index in [-0.39, 0.29) is 24.7 Å². The van der Waals surface area contributed by atoms with Gasteiger partial charge in [0.2, 0.25) is 10.0 Å². The summed E-state index contributed by atoms with van der Waals surface area (Å²) in [5.41, 5.74) is 0.591. The zero-order valence-electron chi connectivity index (χ0n) is 12.5. The number of nitrogens with zero attached hydrogens (tertiary/aromatic N) is 1. The zero-order valence-corrected chi connectivity index (χ0v) is 13.4. The standard InChI is InChI=1S/C13H24N2O5S/c1-3-5-15-10-13(9-12(15)11-16)21(17,18)14-4-6-20-8-7-19-2/h9-10,14,16H,3-8,11H2,1-2H3. The lowest BCUT2D eigenvalue weighted by Gasteiger charge is -2.06. The Morgan fingerprint density at radius 1 is 1.33 bits per heavy atom. The molecule has 0 fully saturated rings. The summed E-state index contributed by atoms with van der Waals surface area (Å²) >= 11 is 0. The van der Waals surface area contributed by atoms with Crippen molar-refractivity contribution in [2.24, 2.45) is 0 Å². The molecular formula is C13H24N2O5S. The third-order valence-electron chi connectivity index (χ3n) is 2.87. The molecule has 0 aliphatic heterocycles. The Balaban J connectivity index is 2.57. The van der Waals surface area contributed by atoms with Crippen molar-refractivity contribution in [1.82, 2.24) is 9.29 Å². The van der Waals surface area contributed by atoms with Gasteiger partial charge in [-0.15, -0.1) is 0 Å². The molecular weight excluding hydrogens is 296 g/mol. The Morgan fingerprint density at radius 2 is 2.10 bits per heavy atom. The molecule has 0 aliphatic carbocycles. The van der Waals surface area contributed by atoms with Crippen LogP contribution in [0, 0.1) is 0 Å². The number of nitrogens with one attached hydrogen (secondary N) is 1. The first-order valence-corrected chi connectivity index (χ1v) is 8.39. The number of aryl methyl sites for hydroxylation is 1. The molecule has 2 N–H and O–H groups in total. The van der Waals surface area contributed by atoms with E-state index in [0.717, 1.165) is 6.42 Å². The maximum atomic E-state index is 12.1. The number of aromatic nitrogens is 1. The summed E-state index contributed by atoms with van der Waals surface area (Å²) in [6.45, 7) is 3.86. The van der Waals surface area contributed by atoms with E-state index in [0.29, 0.717) is 25.5 Å². The van der Waals surface area contributed by atoms with Gasteiger partial charge in [-0.3, -0.25) is 0 Å². The molecule has 8 heteroatoms. The van der Waals surface area contributed by atoms with E-state index in [9.17, 15) is 13.5 Å². The van der Waals surface area contributed by atoms with E-state index < -0.39 is 10.0 Å². The average molecular weight is 320 g/mol. The number of hydrogen-bond acceptors (Lipinski definition) is 5. The van der Waals surface area contributed by atoms with Crippen LogP contribution in [-0.4, -0.2) is 51.6 Å². The first kappa shape index (κ1) is 18.1. The summed E-state index contributed by atoms with van der Waals surface area (Å²) in [5.74, 6) is 0. The first-order valence-electron chi connectivity index (χ1n) is 6.91. The Bertz CT molecular complexity index is 513. The van der Waals surface area contributed by atoms with E-state index in [1.807, 2.05) is 6.92 Å². The molecule has 0 atom stereocenters. The Labute approximate surface area is 125 Å². The van der Waals surface area contributed by atoms with E-state index in [4.69, 9.17) is 9.47 Å². The highest BCUT2D eigenvalue weighted by molar-refractivity contribution is 7.89. The lowest BCUT2D eigenvalue weighted by atomic mass is 10.4. The average Bonchev–Trinajstić information content (AvgIpc) is 2.87. The van der Waals surface area contributed by atoms with Gasteiger partial charge in [0, 0.05) is 32.1 Å². The summed E-state index contributed by atoms with van der Waals surface area (Å²) in [7, 11) is -2.00. The highest BCUT2D eigenvalue weighted by Crippen LogP contribution is 2.15. The van der Waals surface area contributed by atoms with Crippen LogP contribution in [0.1, 0.15) is 19.0 Å². The number of hydrogen-bond donors (Lipinski definition) is 2. The quantitative estimate of drug-likeness (QED) is 0.574. The van der Waals surface area contributed by atoms with Crippen molar-refractivity contribution in [1.29, 1.82) is 0 Å². The number of rotatable bonds is 11. The minimum atomic E-state index is -3.58. The first-order chi connectivity index (χ1) is 10.0. The Hall–Kier alpha value is -0.930. The summed E-state index contributed by atoms with van der Waals surface area (Å²) in [6, 6.07) is 1.49. The summed E-state index contributed by atoms with van der Waals surface area (Å²) in [6.07, 6.45) is 2.41. The van der Waals surface area contributed by atoms with Crippen LogP contribution in [0.3, 0.4) is 0 Å². The number of ether oxygens (including phenoxy) is 2. The van der Waals surface area contributed by atoms with Crippen molar-refractivity contribution >= 4 is 10.0 Å². The van der Waals surface area contributed by atoms with Crippen LogP contribution in [0.4, 0.5) is 0 Å². The largest absolute Gasteiger partial charge is 0.390 e. The van der Waals surface area contributed by atoms with Gasteiger partial charge >= 0.3 is 0 Å². The number of aliphatic hydroxyl groups excluding tert-OH is 1. The predicted octanol–water partition coefficient (Wildman–Crippen LogP) is 0.332. The van der Waals surface area contributed by atoms with Gasteiger partial charge in [0.1, 0.15) is 0 Å². The molecule has 7 nitrogen and oxygen atoms in total. The fraction of sp³-hybridized carbons (Fsp3) is 0.692. The second kappa shape index (κ2) is 9.16. The van der Waals surface area contributed by atoms with Gasteiger partial charge in [0.25, 0.3) is 0 Å². The van der Waals surface area contributed by atoms with Gasteiger partial charge in [-0.1, -0.05) is 6.92 Å². The normalized spacial score (nSPS) is 12.0. The van der Waals surface area contributed by atoms with Crippen molar-refractivity contribution in [3.8, 4) is 0 Å². The Morgan fingerprint density at radius 3 is 2.71 bits per heavy atom. The van der Waals surface area contributed by atoms with Gasteiger partial charge < -0.3 is 19.1 Å². The fourth-order valence-corrected chi connectivity index (χ4v) is 2.91. The smallest absolute Gasteiger partial charge is 0.242 e. The van der Waals surface area contributed by atoms with Crippen molar-refractivity contribution in [3.63, 3.8) is 0 Å². The molecule has 0 saturated carbocycles. The van der Waals surface area contributed by atoms with Crippen molar-refractivity contribution < 1.29 is 23.0 Å². The van der Waals surface area contributed by atoms with Crippen LogP contribution in [0.2, 0.25) is 0 Å². The van der Waals surface area contributed by atoms with Gasteiger partial charge in [0.15, 0.2) is 0 Å². The summed E-state index contributed by atoms with van der Waals surface area (Å²) in [4.78, 5) is 0.164. The molecule has 1 rings (SSSR count). The summed E-state index contributed by atoms with van der Waals surface area (Å²) < 4.78 is 38.5. The number of aliphatic hydroxyl groups is 1. The lowest BCUT2D eigenvalue weighted by Crippen LogP contribution is -2.27. The molecule has 0 radical (unpaired) electrons. The van der Waals surface area contributed by atoms with Crippen molar-refractivity contribution in [2.75, 3.05) is 33.5 Å². The predicted molar refractivity (Wildman–Crippen MR) is 78.5 cm³/mol. The molecule has 0 saturated heterocycles. The van der Waals surface area contributed by atoms with Gasteiger partial charge in [-0.2, -0.15) is 0 Å². The van der Waals surface area contributed by atoms with E-state index in [1.54, 1.807) is 17.9 Å². The molecule has 0 amide bonds. The molecule has 0 spiro atoms. The summed E-state index contributed by atoms with van der Waals surface area (Å²) in [5, 5.41) is 9.25. The maximum absolute atomic E-state index is 12.1. The van der Waals surface area contributed by atoms with E-state index >= 15 is 0 Å². The molecule has 0 unspecified atom stereocenters.